The van der Waals surface area contributed by atoms with Gasteiger partial charge in [0, 0.05) is 19.0 Å². The molecule has 2 aromatic rings. The molecule has 0 atom stereocenters. The first kappa shape index (κ1) is 14.9. The molecule has 1 aliphatic heterocycles. The summed E-state index contributed by atoms with van der Waals surface area (Å²) in [5.41, 5.74) is 5.99. The van der Waals surface area contributed by atoms with E-state index in [9.17, 15) is 9.59 Å². The maximum Gasteiger partial charge on any atom is 0.255 e. The Morgan fingerprint density at radius 1 is 1.00 bits per heavy atom. The fourth-order valence-corrected chi connectivity index (χ4v) is 3.78. The highest BCUT2D eigenvalue weighted by Gasteiger charge is 2.26. The van der Waals surface area contributed by atoms with E-state index in [1.54, 1.807) is 11.8 Å². The Hall–Kier alpha value is -2.62. The van der Waals surface area contributed by atoms with Crippen molar-refractivity contribution in [3.63, 3.8) is 0 Å². The Morgan fingerprint density at radius 2 is 1.83 bits per heavy atom. The van der Waals surface area contributed by atoms with E-state index in [0.29, 0.717) is 17.8 Å². The fourth-order valence-electron chi connectivity index (χ4n) is 3.78. The molecule has 0 saturated heterocycles. The lowest BCUT2D eigenvalue weighted by Gasteiger charge is -2.19. The predicted octanol–water partition coefficient (Wildman–Crippen LogP) is 3.34. The van der Waals surface area contributed by atoms with Gasteiger partial charge in [-0.3, -0.25) is 9.59 Å². The lowest BCUT2D eigenvalue weighted by Crippen LogP contribution is -2.27. The molecule has 122 valence electrons. The Labute approximate surface area is 141 Å². The second kappa shape index (κ2) is 5.78. The molecule has 0 aromatic heterocycles. The summed E-state index contributed by atoms with van der Waals surface area (Å²) in [5, 5.41) is 3.00. The van der Waals surface area contributed by atoms with Gasteiger partial charge in [0.2, 0.25) is 5.91 Å². The minimum Gasteiger partial charge on any atom is -0.320 e. The lowest BCUT2D eigenvalue weighted by molar-refractivity contribution is -0.116. The van der Waals surface area contributed by atoms with E-state index in [1.165, 1.54) is 17.5 Å². The first-order chi connectivity index (χ1) is 11.6. The SMILES string of the molecule is CC(=O)N1CCc2cccc(NC(=O)c3ccc4c(c3)CCC4)c21. The van der Waals surface area contributed by atoms with Crippen molar-refractivity contribution >= 4 is 23.2 Å². The molecule has 0 bridgehead atoms. The van der Waals surface area contributed by atoms with E-state index in [1.807, 2.05) is 30.3 Å². The monoisotopic (exact) mass is 320 g/mol. The third-order valence-corrected chi connectivity index (χ3v) is 4.98. The number of amides is 2. The second-order valence-electron chi connectivity index (χ2n) is 6.53. The molecule has 24 heavy (non-hydrogen) atoms. The Balaban J connectivity index is 1.63. The van der Waals surface area contributed by atoms with Crippen LogP contribution in [0.3, 0.4) is 0 Å². The number of carbonyl (C=O) groups excluding carboxylic acids is 2. The fraction of sp³-hybridized carbons (Fsp3) is 0.300. The molecule has 0 unspecified atom stereocenters. The Kier molecular flexibility index (Phi) is 3.60. The number of rotatable bonds is 2. The number of nitrogens with zero attached hydrogens (tertiary/aromatic N) is 1. The van der Waals surface area contributed by atoms with Crippen LogP contribution >= 0.6 is 0 Å². The van der Waals surface area contributed by atoms with Crippen molar-refractivity contribution in [1.82, 2.24) is 0 Å². The normalized spacial score (nSPS) is 15.1. The van der Waals surface area contributed by atoms with Gasteiger partial charge in [0.1, 0.15) is 0 Å². The quantitative estimate of drug-likeness (QED) is 0.922. The topological polar surface area (TPSA) is 49.4 Å². The Morgan fingerprint density at radius 3 is 2.67 bits per heavy atom. The molecule has 2 aromatic carbocycles. The zero-order valence-electron chi connectivity index (χ0n) is 13.8. The summed E-state index contributed by atoms with van der Waals surface area (Å²) in [6, 6.07) is 11.8. The summed E-state index contributed by atoms with van der Waals surface area (Å²) in [6.07, 6.45) is 4.16. The van der Waals surface area contributed by atoms with E-state index in [4.69, 9.17) is 0 Å². The van der Waals surface area contributed by atoms with Crippen LogP contribution in [0.1, 0.15) is 40.4 Å². The van der Waals surface area contributed by atoms with E-state index in [-0.39, 0.29) is 11.8 Å². The van der Waals surface area contributed by atoms with Crippen molar-refractivity contribution in [3.8, 4) is 0 Å². The van der Waals surface area contributed by atoms with Crippen molar-refractivity contribution in [3.05, 3.63) is 58.7 Å². The van der Waals surface area contributed by atoms with E-state index < -0.39 is 0 Å². The molecule has 2 aliphatic rings. The molecular formula is C20H20N2O2. The van der Waals surface area contributed by atoms with Crippen LogP contribution in [-0.4, -0.2) is 18.4 Å². The summed E-state index contributed by atoms with van der Waals surface area (Å²) in [4.78, 5) is 26.3. The number of benzene rings is 2. The first-order valence-corrected chi connectivity index (χ1v) is 8.46. The van der Waals surface area contributed by atoms with Gasteiger partial charge in [-0.25, -0.2) is 0 Å². The zero-order chi connectivity index (χ0) is 16.7. The maximum atomic E-state index is 12.7. The highest BCUT2D eigenvalue weighted by molar-refractivity contribution is 6.08. The highest BCUT2D eigenvalue weighted by atomic mass is 16.2. The average molecular weight is 320 g/mol. The van der Waals surface area contributed by atoms with Gasteiger partial charge in [-0.1, -0.05) is 18.2 Å². The Bertz CT molecular complexity index is 842. The summed E-state index contributed by atoms with van der Waals surface area (Å²) in [6.45, 7) is 2.24. The van der Waals surface area contributed by atoms with E-state index >= 15 is 0 Å². The zero-order valence-corrected chi connectivity index (χ0v) is 13.8. The molecule has 4 heteroatoms. The lowest BCUT2D eigenvalue weighted by atomic mass is 10.1. The smallest absolute Gasteiger partial charge is 0.255 e. The standard InChI is InChI=1S/C20H20N2O2/c1-13(23)22-11-10-15-5-3-7-18(19(15)22)21-20(24)17-9-8-14-4-2-6-16(14)12-17/h3,5,7-9,12H,2,4,6,10-11H2,1H3,(H,21,24). The molecule has 1 N–H and O–H groups in total. The van der Waals surface area contributed by atoms with Crippen LogP contribution in [0.25, 0.3) is 0 Å². The van der Waals surface area contributed by atoms with Crippen LogP contribution in [0.4, 0.5) is 11.4 Å². The minimum absolute atomic E-state index is 0.00739. The van der Waals surface area contributed by atoms with Crippen LogP contribution < -0.4 is 10.2 Å². The van der Waals surface area contributed by atoms with Gasteiger partial charge in [-0.05, 0) is 60.6 Å². The molecule has 0 fully saturated rings. The molecule has 1 aliphatic carbocycles. The third kappa shape index (κ3) is 2.48. The number of fused-ring (bicyclic) bond motifs is 2. The van der Waals surface area contributed by atoms with Gasteiger partial charge in [0.15, 0.2) is 0 Å². The minimum atomic E-state index is -0.117. The van der Waals surface area contributed by atoms with Crippen molar-refractivity contribution in [2.75, 3.05) is 16.8 Å². The van der Waals surface area contributed by atoms with Gasteiger partial charge >= 0.3 is 0 Å². The molecule has 4 rings (SSSR count). The van der Waals surface area contributed by atoms with E-state index in [2.05, 4.69) is 11.4 Å². The van der Waals surface area contributed by atoms with Crippen molar-refractivity contribution in [1.29, 1.82) is 0 Å². The van der Waals surface area contributed by atoms with Crippen LogP contribution in [0.15, 0.2) is 36.4 Å². The van der Waals surface area contributed by atoms with Crippen molar-refractivity contribution in [2.24, 2.45) is 0 Å². The van der Waals surface area contributed by atoms with Gasteiger partial charge in [0.05, 0.1) is 11.4 Å². The number of para-hydroxylation sites is 1. The molecule has 1 heterocycles. The number of anilines is 2. The van der Waals surface area contributed by atoms with Gasteiger partial charge < -0.3 is 10.2 Å². The van der Waals surface area contributed by atoms with Crippen LogP contribution in [-0.2, 0) is 24.1 Å². The van der Waals surface area contributed by atoms with Crippen molar-refractivity contribution in [2.45, 2.75) is 32.6 Å². The van der Waals surface area contributed by atoms with Gasteiger partial charge in [-0.2, -0.15) is 0 Å². The molecule has 0 saturated carbocycles. The number of nitrogens with one attached hydrogen (secondary N) is 1. The number of hydrogen-bond donors (Lipinski definition) is 1. The van der Waals surface area contributed by atoms with Gasteiger partial charge in [0.25, 0.3) is 5.91 Å². The first-order valence-electron chi connectivity index (χ1n) is 8.46. The van der Waals surface area contributed by atoms with Crippen LogP contribution in [0, 0.1) is 0 Å². The van der Waals surface area contributed by atoms with Crippen LogP contribution in [0.2, 0.25) is 0 Å². The van der Waals surface area contributed by atoms with E-state index in [0.717, 1.165) is 30.5 Å². The summed E-state index contributed by atoms with van der Waals surface area (Å²) < 4.78 is 0. The number of aryl methyl sites for hydroxylation is 2. The molecule has 4 nitrogen and oxygen atoms in total. The number of carbonyl (C=O) groups is 2. The highest BCUT2D eigenvalue weighted by Crippen LogP contribution is 2.36. The summed E-state index contributed by atoms with van der Waals surface area (Å²) in [7, 11) is 0. The third-order valence-electron chi connectivity index (χ3n) is 4.98. The molecule has 2 amide bonds. The van der Waals surface area contributed by atoms with Gasteiger partial charge in [-0.15, -0.1) is 0 Å². The molecule has 0 radical (unpaired) electrons. The number of hydrogen-bond acceptors (Lipinski definition) is 2. The maximum absolute atomic E-state index is 12.7. The second-order valence-corrected chi connectivity index (χ2v) is 6.53. The summed E-state index contributed by atoms with van der Waals surface area (Å²) in [5.74, 6) is -0.110. The largest absolute Gasteiger partial charge is 0.320 e. The van der Waals surface area contributed by atoms with Crippen molar-refractivity contribution < 1.29 is 9.59 Å². The molecule has 0 spiro atoms. The predicted molar refractivity (Wildman–Crippen MR) is 94.6 cm³/mol. The molecular weight excluding hydrogens is 300 g/mol. The average Bonchev–Trinajstić information content (AvgIpc) is 3.21. The summed E-state index contributed by atoms with van der Waals surface area (Å²) >= 11 is 0. The van der Waals surface area contributed by atoms with Crippen LogP contribution in [0.5, 0.6) is 0 Å².